The Bertz CT molecular complexity index is 666. The molecule has 5 nitrogen and oxygen atoms in total. The molecule has 2 rings (SSSR count). The Kier molecular flexibility index (Phi) is 3.53. The van der Waals surface area contributed by atoms with Crippen LogP contribution in [-0.4, -0.2) is 24.5 Å². The van der Waals surface area contributed by atoms with Crippen LogP contribution in [0.15, 0.2) is 18.2 Å². The number of fused-ring (bicyclic) bond motifs is 1. The summed E-state index contributed by atoms with van der Waals surface area (Å²) in [7, 11) is 1.30. The minimum absolute atomic E-state index is 0.00296. The molecule has 0 aliphatic rings. The second kappa shape index (κ2) is 5.00. The predicted octanol–water partition coefficient (Wildman–Crippen LogP) is 2.82. The van der Waals surface area contributed by atoms with Crippen molar-refractivity contribution in [2.45, 2.75) is 26.2 Å². The van der Waals surface area contributed by atoms with Crippen LogP contribution in [0.4, 0.5) is 5.69 Å². The van der Waals surface area contributed by atoms with Crippen LogP contribution in [0.2, 0.25) is 0 Å². The average molecular weight is 274 g/mol. The molecular weight excluding hydrogens is 256 g/mol. The number of esters is 1. The van der Waals surface area contributed by atoms with Crippen molar-refractivity contribution in [1.29, 1.82) is 0 Å². The molecule has 20 heavy (non-hydrogen) atoms. The van der Waals surface area contributed by atoms with Gasteiger partial charge in [0.05, 0.1) is 12.8 Å². The van der Waals surface area contributed by atoms with Crippen molar-refractivity contribution in [2.24, 2.45) is 0 Å². The molecule has 0 unspecified atom stereocenters. The number of methoxy groups -OCH3 is 1. The fourth-order valence-corrected chi connectivity index (χ4v) is 2.13. The molecule has 1 heterocycles. The van der Waals surface area contributed by atoms with Gasteiger partial charge in [-0.05, 0) is 17.0 Å². The van der Waals surface area contributed by atoms with Crippen molar-refractivity contribution in [1.82, 2.24) is 4.98 Å². The third kappa shape index (κ3) is 2.39. The van der Waals surface area contributed by atoms with Gasteiger partial charge in [-0.15, -0.1) is 0 Å². The summed E-state index contributed by atoms with van der Waals surface area (Å²) in [6.45, 7) is 6.34. The number of benzene rings is 1. The molecule has 1 amide bonds. The summed E-state index contributed by atoms with van der Waals surface area (Å²) < 4.78 is 4.72. The van der Waals surface area contributed by atoms with Crippen LogP contribution in [-0.2, 0) is 14.9 Å². The first-order chi connectivity index (χ1) is 9.38. The number of carbonyl (C=O) groups is 2. The highest BCUT2D eigenvalue weighted by atomic mass is 16.5. The van der Waals surface area contributed by atoms with Crippen molar-refractivity contribution in [3.63, 3.8) is 0 Å². The van der Waals surface area contributed by atoms with Crippen molar-refractivity contribution < 1.29 is 14.3 Å². The molecule has 0 spiro atoms. The zero-order chi connectivity index (χ0) is 14.9. The molecule has 1 aromatic heterocycles. The Labute approximate surface area is 117 Å². The molecule has 5 heteroatoms. The Hall–Kier alpha value is -2.30. The zero-order valence-corrected chi connectivity index (χ0v) is 12.0. The Morgan fingerprint density at radius 3 is 2.60 bits per heavy atom. The van der Waals surface area contributed by atoms with Crippen molar-refractivity contribution in [3.05, 3.63) is 29.5 Å². The molecular formula is C15H18N2O3. The fraction of sp³-hybridized carbons (Fsp3) is 0.333. The quantitative estimate of drug-likeness (QED) is 0.668. The first kappa shape index (κ1) is 14.1. The molecule has 0 aliphatic carbocycles. The summed E-state index contributed by atoms with van der Waals surface area (Å²) in [4.78, 5) is 25.5. The molecule has 0 saturated heterocycles. The predicted molar refractivity (Wildman–Crippen MR) is 78.0 cm³/mol. The summed E-state index contributed by atoms with van der Waals surface area (Å²) in [5.74, 6) is -0.511. The number of hydrogen-bond donors (Lipinski definition) is 2. The van der Waals surface area contributed by atoms with E-state index in [4.69, 9.17) is 4.74 Å². The normalized spacial score (nSPS) is 11.4. The maximum atomic E-state index is 11.8. The van der Waals surface area contributed by atoms with E-state index in [1.54, 1.807) is 0 Å². The van der Waals surface area contributed by atoms with Gasteiger partial charge >= 0.3 is 5.97 Å². The highest BCUT2D eigenvalue weighted by Crippen LogP contribution is 2.32. The largest absolute Gasteiger partial charge is 0.464 e. The summed E-state index contributed by atoms with van der Waals surface area (Å²) >= 11 is 0. The van der Waals surface area contributed by atoms with E-state index in [9.17, 15) is 9.59 Å². The van der Waals surface area contributed by atoms with E-state index in [1.165, 1.54) is 7.11 Å². The third-order valence-corrected chi connectivity index (χ3v) is 3.26. The Morgan fingerprint density at radius 1 is 1.35 bits per heavy atom. The van der Waals surface area contributed by atoms with Crippen LogP contribution >= 0.6 is 0 Å². The maximum Gasteiger partial charge on any atom is 0.356 e. The number of nitrogens with one attached hydrogen (secondary N) is 2. The molecule has 1 aromatic carbocycles. The van der Waals surface area contributed by atoms with Gasteiger partial charge in [0.2, 0.25) is 6.41 Å². The maximum absolute atomic E-state index is 11.8. The second-order valence-corrected chi connectivity index (χ2v) is 5.64. The van der Waals surface area contributed by atoms with E-state index in [0.29, 0.717) is 12.1 Å². The van der Waals surface area contributed by atoms with Gasteiger partial charge < -0.3 is 15.0 Å². The number of amides is 1. The number of carbonyl (C=O) groups excluding carboxylic acids is 2. The molecule has 2 aromatic rings. The molecule has 0 aliphatic heterocycles. The fourth-order valence-electron chi connectivity index (χ4n) is 2.13. The van der Waals surface area contributed by atoms with E-state index < -0.39 is 5.97 Å². The third-order valence-electron chi connectivity index (χ3n) is 3.26. The SMILES string of the molecule is COC(=O)c1[nH]c2cc(C(C)(C)C)ccc2c1NC=O. The lowest BCUT2D eigenvalue weighted by Gasteiger charge is -2.18. The topological polar surface area (TPSA) is 71.2 Å². The summed E-state index contributed by atoms with van der Waals surface area (Å²) in [5.41, 5.74) is 2.63. The molecule has 2 N–H and O–H groups in total. The first-order valence-electron chi connectivity index (χ1n) is 6.33. The molecule has 0 radical (unpaired) electrons. The van der Waals surface area contributed by atoms with Gasteiger partial charge in [0, 0.05) is 10.9 Å². The highest BCUT2D eigenvalue weighted by Gasteiger charge is 2.20. The van der Waals surface area contributed by atoms with Crippen LogP contribution < -0.4 is 5.32 Å². The smallest absolute Gasteiger partial charge is 0.356 e. The van der Waals surface area contributed by atoms with Crippen LogP contribution in [0, 0.1) is 0 Å². The van der Waals surface area contributed by atoms with E-state index in [1.807, 2.05) is 18.2 Å². The van der Waals surface area contributed by atoms with Gasteiger partial charge in [-0.2, -0.15) is 0 Å². The minimum Gasteiger partial charge on any atom is -0.464 e. The van der Waals surface area contributed by atoms with Crippen LogP contribution in [0.5, 0.6) is 0 Å². The van der Waals surface area contributed by atoms with Gasteiger partial charge in [0.25, 0.3) is 0 Å². The lowest BCUT2D eigenvalue weighted by atomic mass is 9.87. The van der Waals surface area contributed by atoms with E-state index in [-0.39, 0.29) is 11.1 Å². The average Bonchev–Trinajstić information content (AvgIpc) is 2.75. The summed E-state index contributed by atoms with van der Waals surface area (Å²) in [5, 5.41) is 3.34. The van der Waals surface area contributed by atoms with Crippen molar-refractivity contribution >= 4 is 29.0 Å². The lowest BCUT2D eigenvalue weighted by molar-refractivity contribution is -0.105. The van der Waals surface area contributed by atoms with Gasteiger partial charge in [0.1, 0.15) is 5.69 Å². The van der Waals surface area contributed by atoms with E-state index in [2.05, 4.69) is 31.1 Å². The van der Waals surface area contributed by atoms with E-state index >= 15 is 0 Å². The standard InChI is InChI=1S/C15H18N2O3/c1-15(2,3)9-5-6-10-11(7-9)17-13(14(19)20-4)12(10)16-8-18/h5-8,17H,1-4H3,(H,16,18). The van der Waals surface area contributed by atoms with Gasteiger partial charge in [0.15, 0.2) is 0 Å². The van der Waals surface area contributed by atoms with Crippen LogP contribution in [0.3, 0.4) is 0 Å². The molecule has 0 saturated carbocycles. The molecule has 106 valence electrons. The zero-order valence-electron chi connectivity index (χ0n) is 12.0. The van der Waals surface area contributed by atoms with Gasteiger partial charge in [-0.25, -0.2) is 4.79 Å². The van der Waals surface area contributed by atoms with Crippen LogP contribution in [0.1, 0.15) is 36.8 Å². The van der Waals surface area contributed by atoms with Crippen molar-refractivity contribution in [3.8, 4) is 0 Å². The van der Waals surface area contributed by atoms with E-state index in [0.717, 1.165) is 16.5 Å². The molecule has 0 atom stereocenters. The summed E-state index contributed by atoms with van der Waals surface area (Å²) in [6.07, 6.45) is 0.548. The monoisotopic (exact) mass is 274 g/mol. The Morgan fingerprint density at radius 2 is 2.05 bits per heavy atom. The number of hydrogen-bond acceptors (Lipinski definition) is 3. The number of anilines is 1. The number of rotatable bonds is 3. The minimum atomic E-state index is -0.511. The number of H-pyrrole nitrogens is 1. The van der Waals surface area contributed by atoms with Gasteiger partial charge in [-0.3, -0.25) is 4.79 Å². The molecule has 0 bridgehead atoms. The molecule has 0 fully saturated rings. The lowest BCUT2D eigenvalue weighted by Crippen LogP contribution is -2.10. The van der Waals surface area contributed by atoms with Crippen molar-refractivity contribution in [2.75, 3.05) is 12.4 Å². The highest BCUT2D eigenvalue weighted by molar-refractivity contribution is 6.08. The number of aromatic amines is 1. The number of ether oxygens (including phenoxy) is 1. The van der Waals surface area contributed by atoms with Crippen LogP contribution in [0.25, 0.3) is 10.9 Å². The first-order valence-corrected chi connectivity index (χ1v) is 6.33. The van der Waals surface area contributed by atoms with Gasteiger partial charge in [-0.1, -0.05) is 32.9 Å². The number of aromatic nitrogens is 1. The summed E-state index contributed by atoms with van der Waals surface area (Å²) in [6, 6.07) is 5.87. The second-order valence-electron chi connectivity index (χ2n) is 5.64. The Balaban J connectivity index is 2.67.